The highest BCUT2D eigenvalue weighted by molar-refractivity contribution is 5.82. The van der Waals surface area contributed by atoms with Crippen LogP contribution in [0.1, 0.15) is 29.2 Å². The fourth-order valence-corrected chi connectivity index (χ4v) is 4.13. The van der Waals surface area contributed by atoms with Crippen molar-refractivity contribution >= 4 is 5.91 Å². The molecule has 0 spiro atoms. The van der Waals surface area contributed by atoms with Gasteiger partial charge in [-0.3, -0.25) is 4.79 Å². The van der Waals surface area contributed by atoms with Gasteiger partial charge in [0.15, 0.2) is 0 Å². The number of halogens is 1. The zero-order valence-electron chi connectivity index (χ0n) is 15.7. The maximum Gasteiger partial charge on any atom is 0.252 e. The van der Waals surface area contributed by atoms with Crippen LogP contribution >= 0.6 is 0 Å². The predicted octanol–water partition coefficient (Wildman–Crippen LogP) is 3.13. The van der Waals surface area contributed by atoms with Crippen LogP contribution < -0.4 is 0 Å². The van der Waals surface area contributed by atoms with Crippen LogP contribution in [0.5, 0.6) is 0 Å². The molecule has 1 unspecified atom stereocenters. The number of ether oxygens (including phenoxy) is 1. The predicted molar refractivity (Wildman–Crippen MR) is 103 cm³/mol. The zero-order chi connectivity index (χ0) is 20.4. The number of nitrogens with zero attached hydrogens (tertiary/aromatic N) is 4. The molecule has 2 aliphatic rings. The fraction of sp³-hybridized carbons (Fsp3) is 0.381. The number of fused-ring (bicyclic) bond motifs is 1. The van der Waals surface area contributed by atoms with Crippen LogP contribution in [0.4, 0.5) is 4.39 Å². The molecule has 29 heavy (non-hydrogen) atoms. The molecule has 0 aromatic heterocycles. The number of hydrogen-bond acceptors (Lipinski definition) is 4. The molecule has 2 aromatic carbocycles. The first-order valence-corrected chi connectivity index (χ1v) is 9.56. The first-order chi connectivity index (χ1) is 14.1. The summed E-state index contributed by atoms with van der Waals surface area (Å²) in [4.78, 5) is 17.9. The molecule has 4 atom stereocenters. The fourth-order valence-electron chi connectivity index (χ4n) is 4.13. The maximum absolute atomic E-state index is 13.5. The molecule has 1 amide bonds. The lowest BCUT2D eigenvalue weighted by Gasteiger charge is -2.41. The van der Waals surface area contributed by atoms with Crippen LogP contribution in [-0.2, 0) is 16.0 Å². The van der Waals surface area contributed by atoms with Gasteiger partial charge in [-0.25, -0.2) is 4.39 Å². The second-order valence-corrected chi connectivity index (χ2v) is 7.33. The number of rotatable bonds is 3. The molecule has 0 radical (unpaired) electrons. The quantitative estimate of drug-likeness (QED) is 0.490. The summed E-state index contributed by atoms with van der Waals surface area (Å²) >= 11 is 0. The van der Waals surface area contributed by atoms with Crippen molar-refractivity contribution in [2.75, 3.05) is 13.2 Å². The lowest BCUT2D eigenvalue weighted by Crippen LogP contribution is -2.51. The summed E-state index contributed by atoms with van der Waals surface area (Å²) < 4.78 is 19.1. The molecule has 0 aliphatic carbocycles. The van der Waals surface area contributed by atoms with Gasteiger partial charge in [-0.05, 0) is 47.2 Å². The molecule has 0 bridgehead atoms. The van der Waals surface area contributed by atoms with Gasteiger partial charge in [0.1, 0.15) is 11.9 Å². The number of carbonyl (C=O) groups excluding carboxylic acids is 1. The van der Waals surface area contributed by atoms with E-state index in [2.05, 4.69) is 10.0 Å². The minimum Gasteiger partial charge on any atom is -0.390 e. The highest BCUT2D eigenvalue weighted by Gasteiger charge is 2.39. The van der Waals surface area contributed by atoms with E-state index in [-0.39, 0.29) is 30.8 Å². The third kappa shape index (κ3) is 3.82. The van der Waals surface area contributed by atoms with Gasteiger partial charge in [-0.1, -0.05) is 41.5 Å². The number of hydrogen-bond donors (Lipinski definition) is 1. The van der Waals surface area contributed by atoms with Crippen molar-refractivity contribution in [3.8, 4) is 0 Å². The van der Waals surface area contributed by atoms with Crippen molar-refractivity contribution in [3.05, 3.63) is 81.5 Å². The van der Waals surface area contributed by atoms with Crippen molar-refractivity contribution in [3.63, 3.8) is 0 Å². The Labute approximate surface area is 167 Å². The van der Waals surface area contributed by atoms with Gasteiger partial charge < -0.3 is 14.7 Å². The highest BCUT2D eigenvalue weighted by atomic mass is 19.1. The van der Waals surface area contributed by atoms with Crippen LogP contribution in [-0.4, -0.2) is 47.3 Å². The first-order valence-electron chi connectivity index (χ1n) is 9.56. The Hall–Kier alpha value is -2.93. The van der Waals surface area contributed by atoms with Gasteiger partial charge in [0.25, 0.3) is 5.91 Å². The van der Waals surface area contributed by atoms with Crippen LogP contribution in [0.2, 0.25) is 0 Å². The van der Waals surface area contributed by atoms with E-state index < -0.39 is 18.2 Å². The Kier molecular flexibility index (Phi) is 5.49. The summed E-state index contributed by atoms with van der Waals surface area (Å²) in [6.45, 7) is 0.429. The number of aliphatic hydroxyl groups excluding tert-OH is 1. The number of carbonyl (C=O) groups is 1. The molecule has 1 saturated heterocycles. The van der Waals surface area contributed by atoms with Crippen LogP contribution in [0.25, 0.3) is 10.4 Å². The molecule has 8 heteroatoms. The minimum absolute atomic E-state index is 0.0638. The maximum atomic E-state index is 13.5. The van der Waals surface area contributed by atoms with Crippen LogP contribution in [0.15, 0.2) is 53.6 Å². The second-order valence-electron chi connectivity index (χ2n) is 7.33. The molecular formula is C21H21FN4O3. The van der Waals surface area contributed by atoms with E-state index in [1.807, 2.05) is 24.3 Å². The summed E-state index contributed by atoms with van der Waals surface area (Å²) in [6, 6.07) is 13.0. The topological polar surface area (TPSA) is 98.5 Å². The van der Waals surface area contributed by atoms with Gasteiger partial charge in [0.05, 0.1) is 24.8 Å². The summed E-state index contributed by atoms with van der Waals surface area (Å²) in [6.07, 6.45) is -0.903. The van der Waals surface area contributed by atoms with Crippen molar-refractivity contribution in [2.45, 2.75) is 37.1 Å². The molecule has 150 valence electrons. The van der Waals surface area contributed by atoms with E-state index in [0.29, 0.717) is 13.0 Å². The summed E-state index contributed by atoms with van der Waals surface area (Å²) in [5.41, 5.74) is 11.7. The van der Waals surface area contributed by atoms with Crippen molar-refractivity contribution in [1.29, 1.82) is 0 Å². The monoisotopic (exact) mass is 396 g/mol. The Bertz CT molecular complexity index is 945. The second kappa shape index (κ2) is 8.21. The van der Waals surface area contributed by atoms with E-state index in [1.54, 1.807) is 17.0 Å². The van der Waals surface area contributed by atoms with Crippen LogP contribution in [0.3, 0.4) is 0 Å². The van der Waals surface area contributed by atoms with E-state index >= 15 is 0 Å². The van der Waals surface area contributed by atoms with E-state index in [0.717, 1.165) is 16.7 Å². The van der Waals surface area contributed by atoms with E-state index in [4.69, 9.17) is 10.3 Å². The number of benzene rings is 2. The van der Waals surface area contributed by atoms with Gasteiger partial charge in [-0.2, -0.15) is 0 Å². The molecule has 2 aromatic rings. The molecule has 7 nitrogen and oxygen atoms in total. The Morgan fingerprint density at radius 2 is 2.00 bits per heavy atom. The van der Waals surface area contributed by atoms with Gasteiger partial charge in [0, 0.05) is 11.5 Å². The average molecular weight is 396 g/mol. The number of amides is 1. The standard InChI is InChI=1S/C21H21FN4O3/c22-15-7-5-14(6-8-15)20-16-4-2-1-3-13(16)9-10-26(20)21(28)19-11-17(24-25-23)18(27)12-29-19/h1-8,17-20,27H,9-12H2/t17?,18-,19-,20-/m0/s1. The zero-order valence-corrected chi connectivity index (χ0v) is 15.7. The van der Waals surface area contributed by atoms with Crippen molar-refractivity contribution < 1.29 is 19.0 Å². The summed E-state index contributed by atoms with van der Waals surface area (Å²) in [7, 11) is 0. The average Bonchev–Trinajstić information content (AvgIpc) is 2.75. The third-order valence-corrected chi connectivity index (χ3v) is 5.60. The summed E-state index contributed by atoms with van der Waals surface area (Å²) in [5, 5.41) is 13.5. The largest absolute Gasteiger partial charge is 0.390 e. The third-order valence-electron chi connectivity index (χ3n) is 5.60. The van der Waals surface area contributed by atoms with Gasteiger partial charge in [0.2, 0.25) is 0 Å². The Morgan fingerprint density at radius 1 is 1.24 bits per heavy atom. The van der Waals surface area contributed by atoms with E-state index in [9.17, 15) is 14.3 Å². The lowest BCUT2D eigenvalue weighted by atomic mass is 9.87. The lowest BCUT2D eigenvalue weighted by molar-refractivity contribution is -0.154. The Morgan fingerprint density at radius 3 is 2.76 bits per heavy atom. The molecular weight excluding hydrogens is 375 g/mol. The highest BCUT2D eigenvalue weighted by Crippen LogP contribution is 2.36. The molecule has 0 saturated carbocycles. The Balaban J connectivity index is 1.67. The SMILES string of the molecule is [N-]=[N+]=NC1C[C@@H](C(=O)N2CCc3ccccc3[C@@H]2c2ccc(F)cc2)OC[C@@H]1O. The van der Waals surface area contributed by atoms with Crippen molar-refractivity contribution in [1.82, 2.24) is 4.90 Å². The first kappa shape index (κ1) is 19.4. The molecule has 2 aliphatic heterocycles. The van der Waals surface area contributed by atoms with Gasteiger partial charge >= 0.3 is 0 Å². The van der Waals surface area contributed by atoms with Gasteiger partial charge in [-0.15, -0.1) is 0 Å². The summed E-state index contributed by atoms with van der Waals surface area (Å²) in [5.74, 6) is -0.559. The smallest absolute Gasteiger partial charge is 0.252 e. The van der Waals surface area contributed by atoms with E-state index in [1.165, 1.54) is 12.1 Å². The molecule has 1 fully saturated rings. The molecule has 4 rings (SSSR count). The normalized spacial score (nSPS) is 26.3. The number of aliphatic hydroxyl groups is 1. The molecule has 1 N–H and O–H groups in total. The van der Waals surface area contributed by atoms with Crippen molar-refractivity contribution in [2.24, 2.45) is 5.11 Å². The molecule has 2 heterocycles. The minimum atomic E-state index is -0.926. The number of azide groups is 1. The van der Waals surface area contributed by atoms with Crippen LogP contribution in [0, 0.1) is 5.82 Å².